The molecule has 0 aliphatic carbocycles. The maximum absolute atomic E-state index is 12.2. The van der Waals surface area contributed by atoms with Gasteiger partial charge in [0.05, 0.1) is 12.5 Å². The summed E-state index contributed by atoms with van der Waals surface area (Å²) in [6.45, 7) is 4.60. The standard InChI is InChI=1S/C11H20NO6PS/c1-3-5-6-12(8-10(13)14,9-19(16,17)18)11(15)20-7-4-2/h4H,2-3,5-9H2,1H3,(H2-,13,14,16,17,18). The molecule has 0 saturated heterocycles. The normalized spacial score (nSPS) is 14.6. The van der Waals surface area contributed by atoms with Crippen molar-refractivity contribution in [3.63, 3.8) is 0 Å². The first-order chi connectivity index (χ1) is 9.17. The number of rotatable bonds is 9. The molecule has 1 amide bonds. The summed E-state index contributed by atoms with van der Waals surface area (Å²) in [5.74, 6) is -1.26. The summed E-state index contributed by atoms with van der Waals surface area (Å²) < 4.78 is 10.4. The van der Waals surface area contributed by atoms with Crippen LogP contribution in [0.1, 0.15) is 19.8 Å². The molecule has 0 aromatic rings. The number of carboxylic acid groups (broad SMARTS) is 1. The van der Waals surface area contributed by atoms with Gasteiger partial charge >= 0.3 is 12.8 Å². The number of nitrogens with zero attached hydrogens (tertiary/aromatic N) is 1. The zero-order valence-corrected chi connectivity index (χ0v) is 13.1. The van der Waals surface area contributed by atoms with Gasteiger partial charge in [-0.2, -0.15) is 0 Å². The second-order valence-electron chi connectivity index (χ2n) is 4.42. The Balaban J connectivity index is 5.38. The van der Waals surface area contributed by atoms with Crippen LogP contribution >= 0.6 is 19.4 Å². The minimum absolute atomic E-state index is 0.0541. The average Bonchev–Trinajstić information content (AvgIpc) is 2.30. The van der Waals surface area contributed by atoms with E-state index >= 15 is 0 Å². The number of carbonyl (C=O) groups excluding carboxylic acids is 2. The zero-order valence-electron chi connectivity index (χ0n) is 11.4. The van der Waals surface area contributed by atoms with E-state index in [4.69, 9.17) is 9.79 Å². The summed E-state index contributed by atoms with van der Waals surface area (Å²) in [4.78, 5) is 41.4. The van der Waals surface area contributed by atoms with E-state index in [0.29, 0.717) is 12.8 Å². The SMILES string of the molecule is C=CCSC(=O)[N+](CCCC)(CC(=O)[O-])CP(=O)(O)O. The van der Waals surface area contributed by atoms with Gasteiger partial charge in [-0.05, 0) is 18.2 Å². The van der Waals surface area contributed by atoms with Crippen LogP contribution in [-0.2, 0) is 9.36 Å². The molecule has 0 aliphatic rings. The van der Waals surface area contributed by atoms with E-state index in [1.165, 1.54) is 6.08 Å². The highest BCUT2D eigenvalue weighted by molar-refractivity contribution is 8.13. The van der Waals surface area contributed by atoms with Gasteiger partial charge in [-0.15, -0.1) is 6.58 Å². The van der Waals surface area contributed by atoms with Crippen molar-refractivity contribution >= 4 is 30.6 Å². The first-order valence-corrected chi connectivity index (χ1v) is 8.84. The van der Waals surface area contributed by atoms with Crippen molar-refractivity contribution in [2.45, 2.75) is 19.8 Å². The molecule has 0 rings (SSSR count). The third-order valence-electron chi connectivity index (χ3n) is 2.54. The molecule has 0 radical (unpaired) electrons. The quantitative estimate of drug-likeness (QED) is 0.361. The molecule has 9 heteroatoms. The van der Waals surface area contributed by atoms with Gasteiger partial charge in [0.15, 0.2) is 6.29 Å². The van der Waals surface area contributed by atoms with Gasteiger partial charge in [-0.1, -0.05) is 19.4 Å². The number of amides is 1. The van der Waals surface area contributed by atoms with E-state index in [1.54, 1.807) is 0 Å². The Morgan fingerprint density at radius 3 is 2.45 bits per heavy atom. The fourth-order valence-corrected chi connectivity index (χ4v) is 3.67. The highest BCUT2D eigenvalue weighted by Gasteiger charge is 2.42. The van der Waals surface area contributed by atoms with Crippen LogP contribution < -0.4 is 5.11 Å². The van der Waals surface area contributed by atoms with Crippen LogP contribution in [-0.4, -0.2) is 50.6 Å². The number of carboxylic acids is 1. The van der Waals surface area contributed by atoms with Gasteiger partial charge < -0.3 is 19.7 Å². The predicted octanol–water partition coefficient (Wildman–Crippen LogP) is 0.528. The summed E-state index contributed by atoms with van der Waals surface area (Å²) in [5, 5.41) is 10.3. The van der Waals surface area contributed by atoms with Crippen LogP contribution in [0.3, 0.4) is 0 Å². The van der Waals surface area contributed by atoms with E-state index in [9.17, 15) is 19.3 Å². The smallest absolute Gasteiger partial charge is 0.379 e. The molecule has 0 spiro atoms. The van der Waals surface area contributed by atoms with E-state index in [-0.39, 0.29) is 12.3 Å². The van der Waals surface area contributed by atoms with Gasteiger partial charge in [0.25, 0.3) is 0 Å². The van der Waals surface area contributed by atoms with E-state index in [1.807, 2.05) is 6.92 Å². The number of unbranched alkanes of at least 4 members (excludes halogenated alkanes) is 1. The lowest BCUT2D eigenvalue weighted by Gasteiger charge is -2.35. The van der Waals surface area contributed by atoms with Crippen LogP contribution in [0, 0.1) is 0 Å². The summed E-state index contributed by atoms with van der Waals surface area (Å²) >= 11 is 0.797. The fourth-order valence-electron chi connectivity index (χ4n) is 1.74. The Morgan fingerprint density at radius 2 is 2.05 bits per heavy atom. The second kappa shape index (κ2) is 8.59. The van der Waals surface area contributed by atoms with E-state index < -0.39 is 36.1 Å². The first kappa shape index (κ1) is 19.3. The number of aliphatic carboxylic acids is 1. The maximum Gasteiger partial charge on any atom is 0.379 e. The third-order valence-corrected chi connectivity index (χ3v) is 4.48. The molecule has 0 aliphatic heterocycles. The molecular weight excluding hydrogens is 305 g/mol. The Labute approximate surface area is 122 Å². The van der Waals surface area contributed by atoms with Crippen molar-refractivity contribution in [1.29, 1.82) is 0 Å². The predicted molar refractivity (Wildman–Crippen MR) is 74.9 cm³/mol. The molecule has 0 bridgehead atoms. The second-order valence-corrected chi connectivity index (χ2v) is 7.01. The van der Waals surface area contributed by atoms with Gasteiger partial charge in [-0.25, -0.2) is 9.28 Å². The van der Waals surface area contributed by atoms with E-state index in [2.05, 4.69) is 6.58 Å². The van der Waals surface area contributed by atoms with Crippen LogP contribution in [0.5, 0.6) is 0 Å². The summed E-state index contributed by atoms with van der Waals surface area (Å²) in [5.41, 5.74) is 0. The first-order valence-electron chi connectivity index (χ1n) is 6.05. The number of hydrogen-bond donors (Lipinski definition) is 2. The Bertz CT molecular complexity index is 410. The van der Waals surface area contributed by atoms with Crippen molar-refractivity contribution in [3.8, 4) is 0 Å². The van der Waals surface area contributed by atoms with Crippen LogP contribution in [0.15, 0.2) is 12.7 Å². The largest absolute Gasteiger partial charge is 0.544 e. The van der Waals surface area contributed by atoms with Gasteiger partial charge in [-0.3, -0.25) is 4.57 Å². The van der Waals surface area contributed by atoms with Gasteiger partial charge in [0.1, 0.15) is 6.54 Å². The number of quaternary nitrogens is 1. The average molecular weight is 325 g/mol. The lowest BCUT2D eigenvalue weighted by molar-refractivity contribution is -0.828. The molecule has 0 aromatic heterocycles. The van der Waals surface area contributed by atoms with Crippen molar-refractivity contribution in [1.82, 2.24) is 0 Å². The van der Waals surface area contributed by atoms with Crippen molar-refractivity contribution in [2.24, 2.45) is 0 Å². The highest BCUT2D eigenvalue weighted by Crippen LogP contribution is 2.40. The molecule has 0 saturated carbocycles. The lowest BCUT2D eigenvalue weighted by Crippen LogP contribution is -2.57. The highest BCUT2D eigenvalue weighted by atomic mass is 32.2. The number of hydrogen-bond acceptors (Lipinski definition) is 5. The number of carbonyl (C=O) groups is 2. The van der Waals surface area contributed by atoms with Crippen molar-refractivity contribution in [3.05, 3.63) is 12.7 Å². The number of thioether (sulfide) groups is 1. The molecule has 0 aromatic carbocycles. The van der Waals surface area contributed by atoms with Gasteiger partial charge in [0, 0.05) is 5.75 Å². The maximum atomic E-state index is 12.2. The minimum Gasteiger partial charge on any atom is -0.544 e. The minimum atomic E-state index is -4.55. The molecular formula is C11H20NO6PS. The topological polar surface area (TPSA) is 115 Å². The van der Waals surface area contributed by atoms with Crippen molar-refractivity contribution < 1.29 is 33.5 Å². The van der Waals surface area contributed by atoms with Crippen molar-refractivity contribution in [2.75, 3.05) is 25.1 Å². The Hall–Kier alpha value is -0.660. The lowest BCUT2D eigenvalue weighted by atomic mass is 10.3. The molecule has 2 N–H and O–H groups in total. The van der Waals surface area contributed by atoms with E-state index in [0.717, 1.165) is 11.8 Å². The Morgan fingerprint density at radius 1 is 1.45 bits per heavy atom. The van der Waals surface area contributed by atoms with Crippen LogP contribution in [0.4, 0.5) is 4.79 Å². The van der Waals surface area contributed by atoms with Crippen LogP contribution in [0.25, 0.3) is 0 Å². The van der Waals surface area contributed by atoms with Gasteiger partial charge in [0.2, 0.25) is 0 Å². The zero-order chi connectivity index (χ0) is 15.8. The molecule has 1 unspecified atom stereocenters. The monoisotopic (exact) mass is 325 g/mol. The van der Waals surface area contributed by atoms with Crippen LogP contribution in [0.2, 0.25) is 0 Å². The molecule has 0 fully saturated rings. The molecule has 0 heterocycles. The molecule has 20 heavy (non-hydrogen) atoms. The summed E-state index contributed by atoms with van der Waals surface area (Å²) in [6.07, 6.45) is 1.79. The summed E-state index contributed by atoms with van der Waals surface area (Å²) in [6, 6.07) is 0. The summed E-state index contributed by atoms with van der Waals surface area (Å²) in [7, 11) is -4.55. The fraction of sp³-hybridized carbons (Fsp3) is 0.636. The molecule has 7 nitrogen and oxygen atoms in total. The molecule has 1 atom stereocenters. The molecule has 116 valence electrons. The third kappa shape index (κ3) is 7.21. The Kier molecular flexibility index (Phi) is 8.30.